The Hall–Kier alpha value is -0.160. The van der Waals surface area contributed by atoms with Crippen LogP contribution in [0.3, 0.4) is 0 Å². The third-order valence-electron chi connectivity index (χ3n) is 9.81. The lowest BCUT2D eigenvalue weighted by Crippen LogP contribution is -2.68. The molecule has 2 aliphatic heterocycles. The normalized spacial score (nSPS) is 44.6. The number of hydrogen-bond acceptors (Lipinski definition) is 4. The monoisotopic (exact) mass is 392 g/mol. The van der Waals surface area contributed by atoms with Gasteiger partial charge in [0.1, 0.15) is 0 Å². The highest BCUT2D eigenvalue weighted by molar-refractivity contribution is 5.17. The first-order valence-electron chi connectivity index (χ1n) is 11.7. The number of ether oxygens (including phenoxy) is 4. The minimum Gasteiger partial charge on any atom is -0.380 e. The topological polar surface area (TPSA) is 36.9 Å². The summed E-state index contributed by atoms with van der Waals surface area (Å²) in [6.07, 6.45) is 11.1. The molecule has 2 saturated heterocycles. The summed E-state index contributed by atoms with van der Waals surface area (Å²) in [7, 11) is 3.93. The highest BCUT2D eigenvalue weighted by Crippen LogP contribution is 2.71. The Bertz CT molecular complexity index is 520. The molecule has 2 unspecified atom stereocenters. The molecule has 28 heavy (non-hydrogen) atoms. The van der Waals surface area contributed by atoms with Crippen molar-refractivity contribution in [2.24, 2.45) is 33.5 Å². The van der Waals surface area contributed by atoms with Crippen molar-refractivity contribution in [3.63, 3.8) is 0 Å². The Labute approximate surface area is 171 Å². The second-order valence-electron chi connectivity index (χ2n) is 11.3. The maximum Gasteiger partial charge on any atom is 0.0728 e. The molecule has 4 nitrogen and oxygen atoms in total. The van der Waals surface area contributed by atoms with Gasteiger partial charge in [0.2, 0.25) is 0 Å². The van der Waals surface area contributed by atoms with E-state index in [-0.39, 0.29) is 10.8 Å². The van der Waals surface area contributed by atoms with Crippen molar-refractivity contribution in [2.75, 3.05) is 40.6 Å². The highest BCUT2D eigenvalue weighted by atomic mass is 16.5. The predicted octanol–water partition coefficient (Wildman–Crippen LogP) is 4.46. The molecule has 0 amide bonds. The zero-order valence-corrected chi connectivity index (χ0v) is 18.4. The summed E-state index contributed by atoms with van der Waals surface area (Å²) in [4.78, 5) is 0. The predicted molar refractivity (Wildman–Crippen MR) is 108 cm³/mol. The van der Waals surface area contributed by atoms with Crippen LogP contribution in [0.5, 0.6) is 0 Å². The number of hydrogen-bond donors (Lipinski definition) is 0. The van der Waals surface area contributed by atoms with Crippen molar-refractivity contribution in [3.8, 4) is 0 Å². The minimum absolute atomic E-state index is 0.228. The van der Waals surface area contributed by atoms with Crippen molar-refractivity contribution in [2.45, 2.75) is 77.4 Å². The summed E-state index contributed by atoms with van der Waals surface area (Å²) in [5, 5.41) is 0. The standard InChI is InChI=1S/C24H40O4/c1-5-21(13-27-14-21)19(25-3)23-8-17-7-18(9-23)11-24(10-17,12-23)20(26-4)22(6-2)15-28-16-22/h17-20H,5-16H2,1-4H3. The van der Waals surface area contributed by atoms with E-state index in [1.165, 1.54) is 38.5 Å². The summed E-state index contributed by atoms with van der Waals surface area (Å²) in [5.41, 5.74) is 1.09. The zero-order valence-electron chi connectivity index (χ0n) is 18.4. The Morgan fingerprint density at radius 3 is 1.39 bits per heavy atom. The van der Waals surface area contributed by atoms with Crippen LogP contribution < -0.4 is 0 Å². The molecule has 0 spiro atoms. The minimum atomic E-state index is 0.228. The third-order valence-corrected chi connectivity index (χ3v) is 9.81. The molecule has 0 aromatic carbocycles. The van der Waals surface area contributed by atoms with Crippen molar-refractivity contribution < 1.29 is 18.9 Å². The van der Waals surface area contributed by atoms with Crippen molar-refractivity contribution in [1.29, 1.82) is 0 Å². The van der Waals surface area contributed by atoms with E-state index in [2.05, 4.69) is 13.8 Å². The van der Waals surface area contributed by atoms with Gasteiger partial charge in [-0.1, -0.05) is 13.8 Å². The molecule has 6 fully saturated rings. The molecule has 6 aliphatic rings. The quantitative estimate of drug-likeness (QED) is 0.611. The van der Waals surface area contributed by atoms with Gasteiger partial charge in [0, 0.05) is 25.0 Å². The summed E-state index contributed by atoms with van der Waals surface area (Å²) < 4.78 is 24.3. The Kier molecular flexibility index (Phi) is 4.71. The van der Waals surface area contributed by atoms with Gasteiger partial charge in [-0.05, 0) is 74.0 Å². The van der Waals surface area contributed by atoms with Crippen LogP contribution in [0, 0.1) is 33.5 Å². The van der Waals surface area contributed by atoms with Crippen molar-refractivity contribution >= 4 is 0 Å². The Balaban J connectivity index is 1.52. The maximum absolute atomic E-state index is 6.40. The van der Waals surface area contributed by atoms with Crippen LogP contribution in [0.1, 0.15) is 65.2 Å². The SMILES string of the molecule is CCC1(C(OC)C23CC4CC(C2)CC(C(OC)C2(CC)COC2)(C4)C3)COC1. The van der Waals surface area contributed by atoms with Crippen LogP contribution in [-0.2, 0) is 18.9 Å². The fraction of sp³-hybridized carbons (Fsp3) is 1.00. The zero-order chi connectivity index (χ0) is 19.6. The van der Waals surface area contributed by atoms with Crippen molar-refractivity contribution in [1.82, 2.24) is 0 Å². The summed E-state index contributed by atoms with van der Waals surface area (Å²) >= 11 is 0. The van der Waals surface area contributed by atoms with Crippen LogP contribution >= 0.6 is 0 Å². The fourth-order valence-electron chi connectivity index (χ4n) is 9.13. The smallest absolute Gasteiger partial charge is 0.0728 e. The van der Waals surface area contributed by atoms with Gasteiger partial charge >= 0.3 is 0 Å². The van der Waals surface area contributed by atoms with Crippen LogP contribution in [0.4, 0.5) is 0 Å². The van der Waals surface area contributed by atoms with Gasteiger partial charge in [-0.2, -0.15) is 0 Å². The lowest BCUT2D eigenvalue weighted by molar-refractivity contribution is -0.289. The van der Waals surface area contributed by atoms with E-state index in [0.717, 1.165) is 51.1 Å². The van der Waals surface area contributed by atoms with Gasteiger partial charge in [0.25, 0.3) is 0 Å². The second-order valence-corrected chi connectivity index (χ2v) is 11.3. The fourth-order valence-corrected chi connectivity index (χ4v) is 9.13. The van der Waals surface area contributed by atoms with E-state index in [9.17, 15) is 0 Å². The van der Waals surface area contributed by atoms with Gasteiger partial charge in [-0.15, -0.1) is 0 Å². The molecular formula is C24H40O4. The lowest BCUT2D eigenvalue weighted by atomic mass is 9.38. The number of rotatable bonds is 8. The molecule has 0 aromatic rings. The molecule has 4 saturated carbocycles. The van der Waals surface area contributed by atoms with Gasteiger partial charge in [0.15, 0.2) is 0 Å². The molecule has 0 radical (unpaired) electrons. The largest absolute Gasteiger partial charge is 0.380 e. The van der Waals surface area contributed by atoms with E-state index in [1.807, 2.05) is 14.2 Å². The summed E-state index contributed by atoms with van der Waals surface area (Å²) in [5.74, 6) is 1.70. The molecule has 2 heterocycles. The highest BCUT2D eigenvalue weighted by Gasteiger charge is 2.68. The molecule has 4 aliphatic carbocycles. The lowest BCUT2D eigenvalue weighted by Gasteiger charge is -2.69. The van der Waals surface area contributed by atoms with E-state index < -0.39 is 0 Å². The average Bonchev–Trinajstić information content (AvgIpc) is 2.59. The molecule has 4 heteroatoms. The molecule has 2 atom stereocenters. The average molecular weight is 393 g/mol. The van der Waals surface area contributed by atoms with Crippen LogP contribution in [0.25, 0.3) is 0 Å². The van der Waals surface area contributed by atoms with Gasteiger partial charge < -0.3 is 18.9 Å². The molecule has 160 valence electrons. The molecule has 0 aromatic heterocycles. The first kappa shape index (κ1) is 19.8. The van der Waals surface area contributed by atoms with E-state index in [0.29, 0.717) is 23.0 Å². The summed E-state index contributed by atoms with van der Waals surface area (Å²) in [6.45, 7) is 8.19. The Morgan fingerprint density at radius 2 is 1.14 bits per heavy atom. The maximum atomic E-state index is 6.40. The summed E-state index contributed by atoms with van der Waals surface area (Å²) in [6, 6.07) is 0. The first-order valence-corrected chi connectivity index (χ1v) is 11.7. The van der Waals surface area contributed by atoms with Gasteiger partial charge in [-0.25, -0.2) is 0 Å². The first-order chi connectivity index (χ1) is 13.5. The van der Waals surface area contributed by atoms with E-state index in [4.69, 9.17) is 18.9 Å². The van der Waals surface area contributed by atoms with Crippen LogP contribution in [0.15, 0.2) is 0 Å². The van der Waals surface area contributed by atoms with E-state index >= 15 is 0 Å². The molecule has 0 N–H and O–H groups in total. The van der Waals surface area contributed by atoms with Crippen molar-refractivity contribution in [3.05, 3.63) is 0 Å². The van der Waals surface area contributed by atoms with E-state index in [1.54, 1.807) is 0 Å². The molecule has 4 bridgehead atoms. The molecule has 6 rings (SSSR count). The van der Waals surface area contributed by atoms with Crippen LogP contribution in [0.2, 0.25) is 0 Å². The van der Waals surface area contributed by atoms with Crippen LogP contribution in [-0.4, -0.2) is 52.9 Å². The third kappa shape index (κ3) is 2.50. The second kappa shape index (κ2) is 6.67. The number of methoxy groups -OCH3 is 2. The van der Waals surface area contributed by atoms with Gasteiger partial charge in [-0.3, -0.25) is 0 Å². The van der Waals surface area contributed by atoms with Gasteiger partial charge in [0.05, 0.1) is 38.6 Å². The molecular weight excluding hydrogens is 352 g/mol. The Morgan fingerprint density at radius 1 is 0.750 bits per heavy atom.